The topological polar surface area (TPSA) is 38.0 Å². The summed E-state index contributed by atoms with van der Waals surface area (Å²) in [6.45, 7) is 2.30. The van der Waals surface area contributed by atoms with Gasteiger partial charge in [-0.05, 0) is 37.0 Å². The zero-order valence-corrected chi connectivity index (χ0v) is 12.2. The van der Waals surface area contributed by atoms with Crippen molar-refractivity contribution in [2.24, 2.45) is 11.7 Å². The van der Waals surface area contributed by atoms with Crippen molar-refractivity contribution in [1.29, 1.82) is 0 Å². The summed E-state index contributed by atoms with van der Waals surface area (Å²) < 4.78 is 0. The number of nitrogens with two attached hydrogens (primary N) is 1. The Labute approximate surface area is 119 Å². The lowest BCUT2D eigenvalue weighted by atomic mass is 9.85. The Bertz CT molecular complexity index is 447. The van der Waals surface area contributed by atoms with E-state index in [4.69, 9.17) is 29.6 Å². The molecule has 1 aliphatic carbocycles. The van der Waals surface area contributed by atoms with Gasteiger partial charge in [0, 0.05) is 22.3 Å². The second kappa shape index (κ2) is 5.89. The van der Waals surface area contributed by atoms with Crippen LogP contribution in [-0.2, 0) is 0 Å². The number of halogens is 1. The van der Waals surface area contributed by atoms with Crippen molar-refractivity contribution in [3.63, 3.8) is 0 Å². The van der Waals surface area contributed by atoms with Crippen molar-refractivity contribution < 1.29 is 0 Å². The van der Waals surface area contributed by atoms with Crippen LogP contribution in [0, 0.1) is 5.92 Å². The third-order valence-electron chi connectivity index (χ3n) is 3.70. The number of nitrogens with one attached hydrogen (secondary N) is 1. The number of hydrogen-bond acceptors (Lipinski definition) is 2. The van der Waals surface area contributed by atoms with Crippen LogP contribution in [0.4, 0.5) is 5.69 Å². The van der Waals surface area contributed by atoms with Crippen molar-refractivity contribution in [2.75, 3.05) is 5.32 Å². The van der Waals surface area contributed by atoms with Crippen molar-refractivity contribution in [2.45, 2.75) is 38.6 Å². The highest BCUT2D eigenvalue weighted by atomic mass is 35.5. The van der Waals surface area contributed by atoms with E-state index in [0.717, 1.165) is 11.3 Å². The van der Waals surface area contributed by atoms with Crippen molar-refractivity contribution in [1.82, 2.24) is 0 Å². The highest BCUT2D eigenvalue weighted by Crippen LogP contribution is 2.29. The number of anilines is 1. The summed E-state index contributed by atoms with van der Waals surface area (Å²) in [4.78, 5) is 0.392. The molecule has 1 aromatic carbocycles. The molecule has 98 valence electrons. The minimum Gasteiger partial charge on any atom is -0.389 e. The summed E-state index contributed by atoms with van der Waals surface area (Å²) >= 11 is 11.1. The fourth-order valence-electron chi connectivity index (χ4n) is 2.58. The van der Waals surface area contributed by atoms with Crippen molar-refractivity contribution in [3.05, 3.63) is 28.8 Å². The highest BCUT2D eigenvalue weighted by molar-refractivity contribution is 7.80. The molecule has 1 aliphatic rings. The van der Waals surface area contributed by atoms with E-state index in [-0.39, 0.29) is 0 Å². The van der Waals surface area contributed by atoms with Crippen molar-refractivity contribution in [3.8, 4) is 0 Å². The van der Waals surface area contributed by atoms with E-state index in [2.05, 4.69) is 12.2 Å². The van der Waals surface area contributed by atoms with Gasteiger partial charge in [-0.1, -0.05) is 43.6 Å². The molecule has 0 aromatic heterocycles. The molecule has 1 aromatic rings. The minimum atomic E-state index is 0.392. The predicted octanol–water partition coefficient (Wildman–Crippen LogP) is 3.96. The van der Waals surface area contributed by atoms with E-state index in [1.54, 1.807) is 0 Å². The second-order valence-corrected chi connectivity index (χ2v) is 5.94. The molecule has 2 nitrogen and oxygen atoms in total. The number of hydrogen-bond donors (Lipinski definition) is 2. The molecule has 1 fully saturated rings. The van der Waals surface area contributed by atoms with Crippen LogP contribution < -0.4 is 11.1 Å². The molecule has 0 amide bonds. The summed E-state index contributed by atoms with van der Waals surface area (Å²) in [6, 6.07) is 6.19. The van der Waals surface area contributed by atoms with E-state index < -0.39 is 0 Å². The molecule has 0 bridgehead atoms. The van der Waals surface area contributed by atoms with E-state index >= 15 is 0 Å². The number of rotatable bonds is 3. The Balaban J connectivity index is 2.20. The summed E-state index contributed by atoms with van der Waals surface area (Å²) in [5.74, 6) is 0.689. The van der Waals surface area contributed by atoms with Gasteiger partial charge < -0.3 is 11.1 Å². The van der Waals surface area contributed by atoms with Gasteiger partial charge >= 0.3 is 0 Å². The normalized spacial score (nSPS) is 23.7. The summed E-state index contributed by atoms with van der Waals surface area (Å²) in [6.07, 6.45) is 5.12. The molecule has 2 rings (SSSR count). The molecular weight excluding hydrogens is 264 g/mol. The van der Waals surface area contributed by atoms with Gasteiger partial charge in [-0.2, -0.15) is 0 Å². The quantitative estimate of drug-likeness (QED) is 0.824. The summed E-state index contributed by atoms with van der Waals surface area (Å²) in [5.41, 5.74) is 7.60. The molecule has 0 saturated heterocycles. The lowest BCUT2D eigenvalue weighted by Gasteiger charge is -2.31. The van der Waals surface area contributed by atoms with Gasteiger partial charge in [0.15, 0.2) is 0 Å². The first-order valence-electron chi connectivity index (χ1n) is 6.44. The maximum Gasteiger partial charge on any atom is 0.106 e. The largest absolute Gasteiger partial charge is 0.389 e. The molecule has 3 N–H and O–H groups in total. The Morgan fingerprint density at radius 1 is 1.39 bits per heavy atom. The molecule has 0 heterocycles. The maximum absolute atomic E-state index is 5.99. The Morgan fingerprint density at radius 3 is 2.78 bits per heavy atom. The van der Waals surface area contributed by atoms with Crippen LogP contribution in [-0.4, -0.2) is 11.0 Å². The number of thiocarbonyl (C=S) groups is 1. The van der Waals surface area contributed by atoms with Crippen LogP contribution in [0.1, 0.15) is 38.2 Å². The monoisotopic (exact) mass is 282 g/mol. The third kappa shape index (κ3) is 3.15. The van der Waals surface area contributed by atoms with Crippen LogP contribution >= 0.6 is 23.8 Å². The number of benzene rings is 1. The molecule has 2 unspecified atom stereocenters. The van der Waals surface area contributed by atoms with Gasteiger partial charge in [-0.25, -0.2) is 0 Å². The Kier molecular flexibility index (Phi) is 4.46. The van der Waals surface area contributed by atoms with Gasteiger partial charge in [0.2, 0.25) is 0 Å². The molecular formula is C14H19ClN2S. The molecule has 0 aliphatic heterocycles. The van der Waals surface area contributed by atoms with E-state index in [0.29, 0.717) is 22.0 Å². The summed E-state index contributed by atoms with van der Waals surface area (Å²) in [7, 11) is 0. The molecule has 0 radical (unpaired) electrons. The van der Waals surface area contributed by atoms with E-state index in [1.807, 2.05) is 18.2 Å². The Hall–Kier alpha value is -0.800. The zero-order valence-electron chi connectivity index (χ0n) is 10.6. The highest BCUT2D eigenvalue weighted by Gasteiger charge is 2.22. The lowest BCUT2D eigenvalue weighted by molar-refractivity contribution is 0.349. The molecule has 18 heavy (non-hydrogen) atoms. The van der Waals surface area contributed by atoms with Gasteiger partial charge in [-0.3, -0.25) is 0 Å². The van der Waals surface area contributed by atoms with Gasteiger partial charge in [0.1, 0.15) is 4.99 Å². The van der Waals surface area contributed by atoms with Crippen molar-refractivity contribution >= 4 is 34.5 Å². The maximum atomic E-state index is 5.99. The van der Waals surface area contributed by atoms with Gasteiger partial charge in [-0.15, -0.1) is 0 Å². The van der Waals surface area contributed by atoms with Crippen LogP contribution in [0.2, 0.25) is 5.02 Å². The average Bonchev–Trinajstić information content (AvgIpc) is 2.34. The summed E-state index contributed by atoms with van der Waals surface area (Å²) in [5, 5.41) is 4.25. The minimum absolute atomic E-state index is 0.392. The van der Waals surface area contributed by atoms with E-state index in [1.165, 1.54) is 25.7 Å². The van der Waals surface area contributed by atoms with Gasteiger partial charge in [0.25, 0.3) is 0 Å². The van der Waals surface area contributed by atoms with E-state index in [9.17, 15) is 0 Å². The fraction of sp³-hybridized carbons (Fsp3) is 0.500. The average molecular weight is 283 g/mol. The molecule has 2 atom stereocenters. The first-order valence-corrected chi connectivity index (χ1v) is 7.22. The van der Waals surface area contributed by atoms with Crippen LogP contribution in [0.3, 0.4) is 0 Å². The predicted molar refractivity (Wildman–Crippen MR) is 82.4 cm³/mol. The van der Waals surface area contributed by atoms with Crippen LogP contribution in [0.25, 0.3) is 0 Å². The Morgan fingerprint density at radius 2 is 2.11 bits per heavy atom. The molecule has 1 saturated carbocycles. The second-order valence-electron chi connectivity index (χ2n) is 5.07. The standard InChI is InChI=1S/C14H19ClN2S/c1-9-4-2-3-5-12(9)17-13-7-6-10(15)8-11(13)14(16)18/h6-9,12,17H,2-5H2,1H3,(H2,16,18). The lowest BCUT2D eigenvalue weighted by Crippen LogP contribution is -2.31. The van der Waals surface area contributed by atoms with Crippen LogP contribution in [0.15, 0.2) is 18.2 Å². The third-order valence-corrected chi connectivity index (χ3v) is 4.15. The zero-order chi connectivity index (χ0) is 13.1. The fourth-order valence-corrected chi connectivity index (χ4v) is 2.92. The molecule has 0 spiro atoms. The smallest absolute Gasteiger partial charge is 0.106 e. The van der Waals surface area contributed by atoms with Crippen LogP contribution in [0.5, 0.6) is 0 Å². The SMILES string of the molecule is CC1CCCCC1Nc1ccc(Cl)cc1C(N)=S. The van der Waals surface area contributed by atoms with Gasteiger partial charge in [0.05, 0.1) is 0 Å². The molecule has 4 heteroatoms. The first-order chi connectivity index (χ1) is 8.58. The first kappa shape index (κ1) is 13.6.